The quantitative estimate of drug-likeness (QED) is 0.523. The Hall–Kier alpha value is -1.10. The van der Waals surface area contributed by atoms with Crippen molar-refractivity contribution in [2.75, 3.05) is 6.61 Å². The monoisotopic (exact) mass is 372 g/mol. The molecule has 0 fully saturated rings. The van der Waals surface area contributed by atoms with E-state index in [-0.39, 0.29) is 35.7 Å². The minimum atomic E-state index is -0.951. The molecule has 0 aromatic carbocycles. The van der Waals surface area contributed by atoms with E-state index >= 15 is 0 Å². The highest BCUT2D eigenvalue weighted by atomic mass is 16.4. The molecule has 0 aromatic heterocycles. The van der Waals surface area contributed by atoms with Crippen LogP contribution in [0.1, 0.15) is 74.7 Å². The number of aliphatic hydroxyl groups excluding tert-OH is 1. The molecule has 5 nitrogen and oxygen atoms in total. The molecule has 0 aliphatic heterocycles. The number of carboxylic acid groups (broad SMARTS) is 2. The van der Waals surface area contributed by atoms with Crippen molar-refractivity contribution in [1.82, 2.24) is 0 Å². The van der Waals surface area contributed by atoms with Gasteiger partial charge in [0.05, 0.1) is 11.8 Å². The average molecular weight is 373 g/mol. The third-order valence-electron chi connectivity index (χ3n) is 5.07. The van der Waals surface area contributed by atoms with Crippen LogP contribution in [0.2, 0.25) is 0 Å². The van der Waals surface area contributed by atoms with Gasteiger partial charge in [-0.1, -0.05) is 55.4 Å². The first-order valence-corrected chi connectivity index (χ1v) is 9.65. The Morgan fingerprint density at radius 1 is 0.808 bits per heavy atom. The topological polar surface area (TPSA) is 94.8 Å². The van der Waals surface area contributed by atoms with Gasteiger partial charge in [-0.3, -0.25) is 9.59 Å². The molecular formula is C21H40O5. The molecule has 0 saturated heterocycles. The summed E-state index contributed by atoms with van der Waals surface area (Å²) in [7, 11) is 0. The lowest BCUT2D eigenvalue weighted by Gasteiger charge is -2.34. The highest BCUT2D eigenvalue weighted by Crippen LogP contribution is 2.38. The fourth-order valence-corrected chi connectivity index (χ4v) is 4.35. The third kappa shape index (κ3) is 9.02. The number of hydrogen-bond acceptors (Lipinski definition) is 3. The molecule has 0 rings (SSSR count). The van der Waals surface area contributed by atoms with Gasteiger partial charge in [-0.05, 0) is 47.8 Å². The highest BCUT2D eigenvalue weighted by Gasteiger charge is 2.39. The van der Waals surface area contributed by atoms with E-state index < -0.39 is 29.7 Å². The molecule has 5 heteroatoms. The molecule has 0 amide bonds. The van der Waals surface area contributed by atoms with Gasteiger partial charge in [0, 0.05) is 6.61 Å². The van der Waals surface area contributed by atoms with Crippen molar-refractivity contribution in [1.29, 1.82) is 0 Å². The van der Waals surface area contributed by atoms with Crippen molar-refractivity contribution < 1.29 is 24.9 Å². The predicted molar refractivity (Wildman–Crippen MR) is 104 cm³/mol. The Bertz CT molecular complexity index is 458. The van der Waals surface area contributed by atoms with Crippen LogP contribution in [0.15, 0.2) is 0 Å². The lowest BCUT2D eigenvalue weighted by atomic mass is 9.70. The van der Waals surface area contributed by atoms with Crippen molar-refractivity contribution in [3.63, 3.8) is 0 Å². The maximum absolute atomic E-state index is 11.9. The molecule has 154 valence electrons. The molecule has 5 unspecified atom stereocenters. The Balaban J connectivity index is 5.46. The molecule has 0 bridgehead atoms. The van der Waals surface area contributed by atoms with Gasteiger partial charge >= 0.3 is 11.9 Å². The lowest BCUT2D eigenvalue weighted by molar-refractivity contribution is -0.151. The Morgan fingerprint density at radius 3 is 1.54 bits per heavy atom. The maximum Gasteiger partial charge on any atom is 0.307 e. The zero-order valence-corrected chi connectivity index (χ0v) is 17.9. The summed E-state index contributed by atoms with van der Waals surface area (Å²) in [4.78, 5) is 23.8. The highest BCUT2D eigenvalue weighted by molar-refractivity contribution is 5.72. The summed E-state index contributed by atoms with van der Waals surface area (Å²) in [6.45, 7) is 15.9. The first-order chi connectivity index (χ1) is 11.6. The molecule has 0 heterocycles. The van der Waals surface area contributed by atoms with Crippen molar-refractivity contribution in [2.45, 2.75) is 74.7 Å². The first kappa shape index (κ1) is 24.9. The number of carbonyl (C=O) groups is 2. The Labute approximate surface area is 159 Å². The molecule has 26 heavy (non-hydrogen) atoms. The van der Waals surface area contributed by atoms with Crippen LogP contribution in [0, 0.1) is 40.4 Å². The van der Waals surface area contributed by atoms with Crippen molar-refractivity contribution in [3.8, 4) is 0 Å². The second-order valence-electron chi connectivity index (χ2n) is 10.5. The van der Waals surface area contributed by atoms with Crippen LogP contribution < -0.4 is 0 Å². The molecular weight excluding hydrogens is 332 g/mol. The standard InChI is InChI=1S/C21H40O5/c1-13(10-20(3,4)5)16(18(23)24)9-15(12-22)17(19(25)26)14(2)11-21(6,7)8/h13-17,22H,9-12H2,1-8H3,(H,23,24)(H,25,26). The van der Waals surface area contributed by atoms with Crippen molar-refractivity contribution >= 4 is 11.9 Å². The second kappa shape index (κ2) is 9.72. The molecule has 3 N–H and O–H groups in total. The van der Waals surface area contributed by atoms with Crippen LogP contribution >= 0.6 is 0 Å². The van der Waals surface area contributed by atoms with Gasteiger partial charge in [-0.15, -0.1) is 0 Å². The molecule has 0 spiro atoms. The Morgan fingerprint density at radius 2 is 1.23 bits per heavy atom. The zero-order valence-electron chi connectivity index (χ0n) is 17.9. The van der Waals surface area contributed by atoms with E-state index in [1.807, 2.05) is 13.8 Å². The SMILES string of the molecule is CC(CC(C)(C)C)C(CC(CO)C(C(=O)O)C(C)CC(C)(C)C)C(=O)O. The number of aliphatic carboxylic acids is 2. The fourth-order valence-electron chi connectivity index (χ4n) is 4.35. The van der Waals surface area contributed by atoms with Gasteiger partial charge in [0.25, 0.3) is 0 Å². The minimum absolute atomic E-state index is 0.00640. The van der Waals surface area contributed by atoms with Crippen LogP contribution in [0.5, 0.6) is 0 Å². The summed E-state index contributed by atoms with van der Waals surface area (Å²) in [6.07, 6.45) is 1.63. The first-order valence-electron chi connectivity index (χ1n) is 9.65. The van der Waals surface area contributed by atoms with E-state index in [9.17, 15) is 24.9 Å². The van der Waals surface area contributed by atoms with Gasteiger partial charge in [0.2, 0.25) is 0 Å². The lowest BCUT2D eigenvalue weighted by Crippen LogP contribution is -2.37. The third-order valence-corrected chi connectivity index (χ3v) is 5.07. The summed E-state index contributed by atoms with van der Waals surface area (Å²) in [5.41, 5.74) is -0.0353. The minimum Gasteiger partial charge on any atom is -0.481 e. The van der Waals surface area contributed by atoms with Gasteiger partial charge in [0.1, 0.15) is 0 Å². The molecule has 0 radical (unpaired) electrons. The van der Waals surface area contributed by atoms with Crippen LogP contribution in [0.4, 0.5) is 0 Å². The normalized spacial score (nSPS) is 18.7. The zero-order chi connectivity index (χ0) is 20.9. The number of rotatable bonds is 10. The summed E-state index contributed by atoms with van der Waals surface area (Å²) >= 11 is 0. The van der Waals surface area contributed by atoms with Crippen LogP contribution in [-0.4, -0.2) is 33.9 Å². The predicted octanol–water partition coefficient (Wildman–Crippen LogP) is 4.53. The molecule has 5 atom stereocenters. The van der Waals surface area contributed by atoms with E-state index in [1.54, 1.807) is 0 Å². The number of carboxylic acids is 2. The van der Waals surface area contributed by atoms with Crippen LogP contribution in [0.25, 0.3) is 0 Å². The molecule has 0 aliphatic rings. The van der Waals surface area contributed by atoms with E-state index in [0.717, 1.165) is 6.42 Å². The molecule has 0 aromatic rings. The summed E-state index contributed by atoms with van der Waals surface area (Å²) in [6, 6.07) is 0. The van der Waals surface area contributed by atoms with Gasteiger partial charge in [-0.25, -0.2) is 0 Å². The van der Waals surface area contributed by atoms with E-state index in [1.165, 1.54) is 0 Å². The summed E-state index contributed by atoms with van der Waals surface area (Å²) in [5.74, 6) is -4.06. The van der Waals surface area contributed by atoms with Gasteiger partial charge < -0.3 is 15.3 Å². The average Bonchev–Trinajstić information content (AvgIpc) is 2.37. The van der Waals surface area contributed by atoms with E-state index in [0.29, 0.717) is 6.42 Å². The maximum atomic E-state index is 11.9. The van der Waals surface area contributed by atoms with Gasteiger partial charge in [-0.2, -0.15) is 0 Å². The summed E-state index contributed by atoms with van der Waals surface area (Å²) in [5, 5.41) is 29.3. The van der Waals surface area contributed by atoms with Crippen molar-refractivity contribution in [2.24, 2.45) is 40.4 Å². The van der Waals surface area contributed by atoms with Crippen molar-refractivity contribution in [3.05, 3.63) is 0 Å². The van der Waals surface area contributed by atoms with Gasteiger partial charge in [0.15, 0.2) is 0 Å². The number of aliphatic hydroxyl groups is 1. The van der Waals surface area contributed by atoms with E-state index in [2.05, 4.69) is 41.5 Å². The molecule has 0 saturated carbocycles. The summed E-state index contributed by atoms with van der Waals surface area (Å²) < 4.78 is 0. The molecule has 0 aliphatic carbocycles. The van der Waals surface area contributed by atoms with Crippen LogP contribution in [-0.2, 0) is 9.59 Å². The largest absolute Gasteiger partial charge is 0.481 e. The smallest absolute Gasteiger partial charge is 0.307 e. The fraction of sp³-hybridized carbons (Fsp3) is 0.905. The Kier molecular flexibility index (Phi) is 9.31. The number of hydrogen-bond donors (Lipinski definition) is 3. The van der Waals surface area contributed by atoms with Crippen LogP contribution in [0.3, 0.4) is 0 Å². The van der Waals surface area contributed by atoms with E-state index in [4.69, 9.17) is 0 Å². The second-order valence-corrected chi connectivity index (χ2v) is 10.5.